The molecule has 0 radical (unpaired) electrons. The Morgan fingerprint density at radius 1 is 1.56 bits per heavy atom. The van der Waals surface area contributed by atoms with Crippen molar-refractivity contribution < 1.29 is 19.4 Å². The van der Waals surface area contributed by atoms with Crippen molar-refractivity contribution >= 4 is 23.6 Å². The quantitative estimate of drug-likeness (QED) is 0.785. The summed E-state index contributed by atoms with van der Waals surface area (Å²) in [5.74, 6) is -0.151. The third kappa shape index (κ3) is 3.88. The van der Waals surface area contributed by atoms with Crippen LogP contribution >= 0.6 is 11.8 Å². The Bertz CT molecular complexity index is 310. The lowest BCUT2D eigenvalue weighted by Gasteiger charge is -2.26. The first-order valence-electron chi connectivity index (χ1n) is 6.03. The Balaban J connectivity index is 2.69. The van der Waals surface area contributed by atoms with Crippen molar-refractivity contribution in [3.63, 3.8) is 0 Å². The van der Waals surface area contributed by atoms with Crippen molar-refractivity contribution in [2.45, 2.75) is 31.9 Å². The zero-order valence-electron chi connectivity index (χ0n) is 11.1. The highest BCUT2D eigenvalue weighted by Gasteiger charge is 2.37. The van der Waals surface area contributed by atoms with Crippen molar-refractivity contribution in [3.8, 4) is 0 Å². The van der Waals surface area contributed by atoms with Gasteiger partial charge in [0.1, 0.15) is 0 Å². The molecule has 104 valence electrons. The first-order valence-corrected chi connectivity index (χ1v) is 7.43. The molecule has 0 aromatic rings. The van der Waals surface area contributed by atoms with E-state index in [2.05, 4.69) is 0 Å². The molecule has 1 heterocycles. The van der Waals surface area contributed by atoms with Crippen LogP contribution < -0.4 is 0 Å². The molecular weight excluding hydrogens is 254 g/mol. The number of carbonyl (C=O) groups excluding carboxylic acids is 1. The molecule has 0 bridgehead atoms. The van der Waals surface area contributed by atoms with Gasteiger partial charge in [0.25, 0.3) is 0 Å². The van der Waals surface area contributed by atoms with Crippen LogP contribution in [0.4, 0.5) is 0 Å². The predicted octanol–water partition coefficient (Wildman–Crippen LogP) is 1.08. The molecule has 1 saturated heterocycles. The van der Waals surface area contributed by atoms with Crippen molar-refractivity contribution in [1.82, 2.24) is 4.90 Å². The van der Waals surface area contributed by atoms with E-state index in [9.17, 15) is 9.59 Å². The maximum Gasteiger partial charge on any atom is 0.305 e. The number of carboxylic acids is 1. The van der Waals surface area contributed by atoms with Crippen LogP contribution in [-0.4, -0.2) is 59.7 Å². The summed E-state index contributed by atoms with van der Waals surface area (Å²) in [5.41, 5.74) is 0. The molecule has 0 aromatic heterocycles. The van der Waals surface area contributed by atoms with Crippen molar-refractivity contribution in [3.05, 3.63) is 0 Å². The van der Waals surface area contributed by atoms with E-state index in [-0.39, 0.29) is 30.4 Å². The van der Waals surface area contributed by atoms with Gasteiger partial charge in [-0.25, -0.2) is 0 Å². The minimum absolute atomic E-state index is 0.00239. The van der Waals surface area contributed by atoms with Gasteiger partial charge in [-0.05, 0) is 12.7 Å². The van der Waals surface area contributed by atoms with E-state index in [1.54, 1.807) is 23.8 Å². The number of amides is 1. The lowest BCUT2D eigenvalue weighted by molar-refractivity contribution is -0.140. The van der Waals surface area contributed by atoms with E-state index in [1.807, 2.05) is 13.2 Å². The summed E-state index contributed by atoms with van der Waals surface area (Å²) in [4.78, 5) is 24.8. The molecule has 1 fully saturated rings. The molecule has 1 N–H and O–H groups in total. The molecule has 1 amide bonds. The normalized spacial score (nSPS) is 25.2. The maximum absolute atomic E-state index is 12.3. The largest absolute Gasteiger partial charge is 0.481 e. The number of thioether (sulfide) groups is 1. The summed E-state index contributed by atoms with van der Waals surface area (Å²) >= 11 is 1.62. The van der Waals surface area contributed by atoms with Crippen LogP contribution in [0.5, 0.6) is 0 Å². The molecule has 1 rings (SSSR count). The SMILES string of the molecule is COC1CC(CC(=O)O)N(C(=O)C(C)CSC)C1. The summed E-state index contributed by atoms with van der Waals surface area (Å²) in [6.07, 6.45) is 2.53. The van der Waals surface area contributed by atoms with Crippen LogP contribution in [0.15, 0.2) is 0 Å². The average molecular weight is 275 g/mol. The van der Waals surface area contributed by atoms with Gasteiger partial charge in [0.15, 0.2) is 0 Å². The molecule has 0 aliphatic carbocycles. The molecule has 3 atom stereocenters. The number of carbonyl (C=O) groups is 2. The Kier molecular flexibility index (Phi) is 5.95. The number of rotatable bonds is 6. The summed E-state index contributed by atoms with van der Waals surface area (Å²) in [6.45, 7) is 2.39. The van der Waals surface area contributed by atoms with Gasteiger partial charge >= 0.3 is 5.97 Å². The third-order valence-electron chi connectivity index (χ3n) is 3.24. The summed E-state index contributed by atoms with van der Waals surface area (Å²) in [7, 11) is 1.60. The van der Waals surface area contributed by atoms with Crippen molar-refractivity contribution in [1.29, 1.82) is 0 Å². The van der Waals surface area contributed by atoms with Crippen LogP contribution in [0.2, 0.25) is 0 Å². The fraction of sp³-hybridized carbons (Fsp3) is 0.833. The minimum atomic E-state index is -0.868. The second-order valence-corrected chi connectivity index (χ2v) is 5.60. The minimum Gasteiger partial charge on any atom is -0.481 e. The Morgan fingerprint density at radius 3 is 2.72 bits per heavy atom. The number of methoxy groups -OCH3 is 1. The van der Waals surface area contributed by atoms with Crippen molar-refractivity contribution in [2.75, 3.05) is 25.7 Å². The Hall–Kier alpha value is -0.750. The van der Waals surface area contributed by atoms with Gasteiger partial charge in [0.05, 0.1) is 12.5 Å². The first-order chi connectivity index (χ1) is 8.49. The van der Waals surface area contributed by atoms with Gasteiger partial charge in [0, 0.05) is 31.4 Å². The second kappa shape index (κ2) is 6.99. The molecule has 18 heavy (non-hydrogen) atoms. The summed E-state index contributed by atoms with van der Waals surface area (Å²) in [5, 5.41) is 8.89. The highest BCUT2D eigenvalue weighted by atomic mass is 32.2. The first kappa shape index (κ1) is 15.3. The monoisotopic (exact) mass is 275 g/mol. The fourth-order valence-electron chi connectivity index (χ4n) is 2.31. The Labute approximate surface area is 112 Å². The standard InChI is InChI=1S/C12H21NO4S/c1-8(7-18-3)12(16)13-6-10(17-2)4-9(13)5-11(14)15/h8-10H,4-7H2,1-3H3,(H,14,15). The number of hydrogen-bond donors (Lipinski definition) is 1. The number of hydrogen-bond acceptors (Lipinski definition) is 4. The van der Waals surface area contributed by atoms with Crippen LogP contribution in [0.3, 0.4) is 0 Å². The number of carboxylic acid groups (broad SMARTS) is 1. The van der Waals surface area contributed by atoms with Crippen LogP contribution in [0.25, 0.3) is 0 Å². The lowest BCUT2D eigenvalue weighted by Crippen LogP contribution is -2.41. The molecule has 6 heteroatoms. The summed E-state index contributed by atoms with van der Waals surface area (Å²) < 4.78 is 5.25. The zero-order chi connectivity index (χ0) is 13.7. The zero-order valence-corrected chi connectivity index (χ0v) is 11.9. The predicted molar refractivity (Wildman–Crippen MR) is 70.7 cm³/mol. The van der Waals surface area contributed by atoms with Crippen LogP contribution in [-0.2, 0) is 14.3 Å². The highest BCUT2D eigenvalue weighted by Crippen LogP contribution is 2.25. The fourth-order valence-corrected chi connectivity index (χ4v) is 2.96. The van der Waals surface area contributed by atoms with Crippen molar-refractivity contribution in [2.24, 2.45) is 5.92 Å². The summed E-state index contributed by atoms with van der Waals surface area (Å²) in [6, 6.07) is -0.232. The maximum atomic E-state index is 12.3. The van der Waals surface area contributed by atoms with Crippen LogP contribution in [0.1, 0.15) is 19.8 Å². The number of likely N-dealkylation sites (tertiary alicyclic amines) is 1. The number of aliphatic carboxylic acids is 1. The molecule has 1 aliphatic rings. The van der Waals surface area contributed by atoms with Gasteiger partial charge in [0.2, 0.25) is 5.91 Å². The third-order valence-corrected chi connectivity index (χ3v) is 4.07. The molecule has 0 saturated carbocycles. The molecule has 5 nitrogen and oxygen atoms in total. The molecule has 0 aromatic carbocycles. The second-order valence-electron chi connectivity index (χ2n) is 4.69. The Morgan fingerprint density at radius 2 is 2.22 bits per heavy atom. The van der Waals surface area contributed by atoms with E-state index < -0.39 is 5.97 Å². The van der Waals surface area contributed by atoms with Gasteiger partial charge in [-0.2, -0.15) is 11.8 Å². The topological polar surface area (TPSA) is 66.8 Å². The van der Waals surface area contributed by atoms with Gasteiger partial charge in [-0.1, -0.05) is 6.92 Å². The van der Waals surface area contributed by atoms with E-state index in [0.717, 1.165) is 5.75 Å². The van der Waals surface area contributed by atoms with Gasteiger partial charge < -0.3 is 14.7 Å². The van der Waals surface area contributed by atoms with E-state index in [0.29, 0.717) is 13.0 Å². The highest BCUT2D eigenvalue weighted by molar-refractivity contribution is 7.98. The van der Waals surface area contributed by atoms with E-state index in [4.69, 9.17) is 9.84 Å². The molecule has 0 spiro atoms. The van der Waals surface area contributed by atoms with Gasteiger partial charge in [-0.3, -0.25) is 9.59 Å². The van der Waals surface area contributed by atoms with E-state index >= 15 is 0 Å². The van der Waals surface area contributed by atoms with Gasteiger partial charge in [-0.15, -0.1) is 0 Å². The number of nitrogens with zero attached hydrogens (tertiary/aromatic N) is 1. The number of ether oxygens (including phenoxy) is 1. The lowest BCUT2D eigenvalue weighted by atomic mass is 10.1. The molecule has 1 aliphatic heterocycles. The molecule has 3 unspecified atom stereocenters. The smallest absolute Gasteiger partial charge is 0.305 e. The van der Waals surface area contributed by atoms with Crippen LogP contribution in [0, 0.1) is 5.92 Å². The molecular formula is C12H21NO4S. The van der Waals surface area contributed by atoms with E-state index in [1.165, 1.54) is 0 Å². The average Bonchev–Trinajstić information content (AvgIpc) is 2.70.